The van der Waals surface area contributed by atoms with E-state index < -0.39 is 0 Å². The Kier molecular flexibility index (Phi) is 3.92. The van der Waals surface area contributed by atoms with Crippen LogP contribution in [-0.2, 0) is 0 Å². The summed E-state index contributed by atoms with van der Waals surface area (Å²) in [5, 5.41) is 3.34. The minimum absolute atomic E-state index is 0.266. The lowest BCUT2D eigenvalue weighted by atomic mass is 9.84. The zero-order valence-corrected chi connectivity index (χ0v) is 11.0. The van der Waals surface area contributed by atoms with Gasteiger partial charge >= 0.3 is 0 Å². The van der Waals surface area contributed by atoms with E-state index in [1.165, 1.54) is 5.56 Å². The summed E-state index contributed by atoms with van der Waals surface area (Å²) in [5.41, 5.74) is 8.58. The molecule has 90 valence electrons. The summed E-state index contributed by atoms with van der Waals surface area (Å²) >= 11 is 0. The molecule has 0 radical (unpaired) electrons. The summed E-state index contributed by atoms with van der Waals surface area (Å²) < 4.78 is 0. The van der Waals surface area contributed by atoms with Crippen molar-refractivity contribution in [2.75, 3.05) is 12.8 Å². The molecule has 3 heteroatoms. The van der Waals surface area contributed by atoms with Crippen molar-refractivity contribution in [1.29, 1.82) is 0 Å². The molecule has 0 aliphatic carbocycles. The van der Waals surface area contributed by atoms with E-state index in [0.717, 1.165) is 12.0 Å². The van der Waals surface area contributed by atoms with Crippen LogP contribution in [0.25, 0.3) is 0 Å². The number of aromatic nitrogens is 1. The lowest BCUT2D eigenvalue weighted by molar-refractivity contribution is 0.320. The molecule has 0 amide bonds. The van der Waals surface area contributed by atoms with Crippen LogP contribution < -0.4 is 11.1 Å². The van der Waals surface area contributed by atoms with Crippen molar-refractivity contribution < 1.29 is 0 Å². The van der Waals surface area contributed by atoms with E-state index in [0.29, 0.717) is 5.82 Å². The van der Waals surface area contributed by atoms with Crippen molar-refractivity contribution in [3.63, 3.8) is 0 Å². The Morgan fingerprint density at radius 2 is 2.06 bits per heavy atom. The fourth-order valence-electron chi connectivity index (χ4n) is 2.00. The van der Waals surface area contributed by atoms with Gasteiger partial charge in [-0.05, 0) is 37.4 Å². The molecule has 0 aliphatic heterocycles. The van der Waals surface area contributed by atoms with Crippen LogP contribution in [0.15, 0.2) is 12.3 Å². The molecule has 1 atom stereocenters. The first-order valence-corrected chi connectivity index (χ1v) is 5.73. The molecule has 0 bridgehead atoms. The minimum atomic E-state index is 0.266. The molecule has 16 heavy (non-hydrogen) atoms. The van der Waals surface area contributed by atoms with Gasteiger partial charge in [-0.25, -0.2) is 4.98 Å². The summed E-state index contributed by atoms with van der Waals surface area (Å²) in [4.78, 5) is 4.18. The molecular weight excluding hydrogens is 198 g/mol. The summed E-state index contributed by atoms with van der Waals surface area (Å²) in [6.07, 6.45) is 2.80. The van der Waals surface area contributed by atoms with Crippen LogP contribution in [0.2, 0.25) is 0 Å². The van der Waals surface area contributed by atoms with Crippen LogP contribution in [0.3, 0.4) is 0 Å². The highest BCUT2D eigenvalue weighted by Crippen LogP contribution is 2.32. The summed E-state index contributed by atoms with van der Waals surface area (Å²) in [5.74, 6) is 0.642. The second kappa shape index (κ2) is 4.83. The summed E-state index contributed by atoms with van der Waals surface area (Å²) in [6.45, 7) is 8.79. The van der Waals surface area contributed by atoms with Gasteiger partial charge in [-0.1, -0.05) is 20.8 Å². The Morgan fingerprint density at radius 3 is 2.50 bits per heavy atom. The molecule has 0 spiro atoms. The highest BCUT2D eigenvalue weighted by Gasteiger charge is 2.22. The average Bonchev–Trinajstić information content (AvgIpc) is 2.14. The fraction of sp³-hybridized carbons (Fsp3) is 0.615. The molecule has 3 N–H and O–H groups in total. The zero-order chi connectivity index (χ0) is 12.3. The van der Waals surface area contributed by atoms with Crippen molar-refractivity contribution in [2.45, 2.75) is 40.2 Å². The molecule has 1 aromatic heterocycles. The second-order valence-corrected chi connectivity index (χ2v) is 5.53. The van der Waals surface area contributed by atoms with Crippen LogP contribution >= 0.6 is 0 Å². The van der Waals surface area contributed by atoms with Gasteiger partial charge < -0.3 is 11.1 Å². The number of nitrogens with one attached hydrogen (secondary N) is 1. The third kappa shape index (κ3) is 3.20. The van der Waals surface area contributed by atoms with Crippen LogP contribution in [0, 0.1) is 12.3 Å². The Morgan fingerprint density at radius 1 is 1.44 bits per heavy atom. The van der Waals surface area contributed by atoms with E-state index >= 15 is 0 Å². The molecular formula is C13H23N3. The molecule has 1 rings (SSSR count). The van der Waals surface area contributed by atoms with E-state index in [2.05, 4.69) is 38.0 Å². The number of hydrogen-bond donors (Lipinski definition) is 2. The first-order chi connectivity index (χ1) is 7.35. The molecule has 0 aliphatic rings. The monoisotopic (exact) mass is 221 g/mol. The molecule has 1 heterocycles. The van der Waals surface area contributed by atoms with E-state index in [-0.39, 0.29) is 11.5 Å². The largest absolute Gasteiger partial charge is 0.383 e. The van der Waals surface area contributed by atoms with E-state index in [9.17, 15) is 0 Å². The van der Waals surface area contributed by atoms with Crippen LogP contribution in [0.1, 0.15) is 44.4 Å². The van der Waals surface area contributed by atoms with Crippen molar-refractivity contribution >= 4 is 5.82 Å². The third-order valence-corrected chi connectivity index (χ3v) is 2.75. The highest BCUT2D eigenvalue weighted by molar-refractivity contribution is 5.46. The number of pyridine rings is 1. The average molecular weight is 221 g/mol. The number of aryl methyl sites for hydroxylation is 1. The Hall–Kier alpha value is -1.09. The molecule has 0 fully saturated rings. The normalized spacial score (nSPS) is 13.8. The van der Waals surface area contributed by atoms with Gasteiger partial charge in [0.1, 0.15) is 5.82 Å². The summed E-state index contributed by atoms with van der Waals surface area (Å²) in [6, 6.07) is 2.28. The van der Waals surface area contributed by atoms with Crippen molar-refractivity contribution in [3.05, 3.63) is 23.4 Å². The maximum atomic E-state index is 5.97. The number of nitrogens with two attached hydrogens (primary N) is 1. The number of nitrogen functional groups attached to an aromatic ring is 1. The topological polar surface area (TPSA) is 50.9 Å². The van der Waals surface area contributed by atoms with Gasteiger partial charge in [-0.2, -0.15) is 0 Å². The van der Waals surface area contributed by atoms with Crippen molar-refractivity contribution in [1.82, 2.24) is 10.3 Å². The summed E-state index contributed by atoms with van der Waals surface area (Å²) in [7, 11) is 1.97. The third-order valence-electron chi connectivity index (χ3n) is 2.75. The van der Waals surface area contributed by atoms with Crippen LogP contribution in [-0.4, -0.2) is 12.0 Å². The molecule has 3 nitrogen and oxygen atoms in total. The Bertz CT molecular complexity index is 332. The number of anilines is 1. The Labute approximate surface area is 98.5 Å². The minimum Gasteiger partial charge on any atom is -0.383 e. The number of hydrogen-bond acceptors (Lipinski definition) is 3. The van der Waals surface area contributed by atoms with E-state index in [1.54, 1.807) is 6.20 Å². The van der Waals surface area contributed by atoms with Gasteiger partial charge in [-0.3, -0.25) is 0 Å². The quantitative estimate of drug-likeness (QED) is 0.825. The number of rotatable bonds is 3. The Balaban J connectivity index is 3.04. The molecule has 0 saturated carbocycles. The predicted octanol–water partition coefficient (Wildman–Crippen LogP) is 2.67. The van der Waals surface area contributed by atoms with Gasteiger partial charge in [0.2, 0.25) is 0 Å². The van der Waals surface area contributed by atoms with Gasteiger partial charge in [0.05, 0.1) is 0 Å². The maximum absolute atomic E-state index is 5.97. The highest BCUT2D eigenvalue weighted by atomic mass is 14.9. The molecule has 0 aromatic carbocycles. The number of nitrogens with zero attached hydrogens (tertiary/aromatic N) is 1. The molecule has 0 saturated heterocycles. The first kappa shape index (κ1) is 13.0. The van der Waals surface area contributed by atoms with Gasteiger partial charge in [0.25, 0.3) is 0 Å². The maximum Gasteiger partial charge on any atom is 0.128 e. The van der Waals surface area contributed by atoms with E-state index in [1.807, 2.05) is 13.1 Å². The first-order valence-electron chi connectivity index (χ1n) is 5.73. The zero-order valence-electron chi connectivity index (χ0n) is 11.0. The van der Waals surface area contributed by atoms with E-state index in [4.69, 9.17) is 5.73 Å². The van der Waals surface area contributed by atoms with Gasteiger partial charge in [0.15, 0.2) is 0 Å². The van der Waals surface area contributed by atoms with Crippen LogP contribution in [0.4, 0.5) is 5.82 Å². The van der Waals surface area contributed by atoms with Crippen molar-refractivity contribution in [3.8, 4) is 0 Å². The smallest absolute Gasteiger partial charge is 0.128 e. The van der Waals surface area contributed by atoms with Crippen molar-refractivity contribution in [2.24, 2.45) is 5.41 Å². The lowest BCUT2D eigenvalue weighted by Crippen LogP contribution is -2.24. The standard InChI is InChI=1S/C13H23N3/c1-9-6-7-16-12(14)11(9)10(15-5)8-13(2,3)4/h6-7,10,15H,8H2,1-5H3,(H2,14,16). The second-order valence-electron chi connectivity index (χ2n) is 5.53. The lowest BCUT2D eigenvalue weighted by Gasteiger charge is -2.27. The van der Waals surface area contributed by atoms with Crippen LogP contribution in [0.5, 0.6) is 0 Å². The molecule has 1 unspecified atom stereocenters. The molecule has 1 aromatic rings. The van der Waals surface area contributed by atoms with Gasteiger partial charge in [-0.15, -0.1) is 0 Å². The SMILES string of the molecule is CNC(CC(C)(C)C)c1c(C)ccnc1N. The van der Waals surface area contributed by atoms with Gasteiger partial charge in [0, 0.05) is 17.8 Å². The fourth-order valence-corrected chi connectivity index (χ4v) is 2.00. The predicted molar refractivity (Wildman–Crippen MR) is 69.3 cm³/mol.